The molecular weight excluding hydrogens is 348 g/mol. The van der Waals surface area contributed by atoms with E-state index < -0.39 is 17.0 Å². The van der Waals surface area contributed by atoms with Crippen LogP contribution in [0.4, 0.5) is 8.78 Å². The average molecular weight is 371 g/mol. The van der Waals surface area contributed by atoms with Gasteiger partial charge < -0.3 is 10.1 Å². The van der Waals surface area contributed by atoms with Gasteiger partial charge in [0, 0.05) is 19.3 Å². The van der Waals surface area contributed by atoms with E-state index in [2.05, 4.69) is 5.32 Å². The number of nitrogens with one attached hydrogen (secondary N) is 1. The van der Waals surface area contributed by atoms with E-state index in [-0.39, 0.29) is 5.91 Å². The van der Waals surface area contributed by atoms with Gasteiger partial charge in [-0.3, -0.25) is 4.79 Å². The molecule has 1 aliphatic heterocycles. The number of ether oxygens (including phenoxy) is 1. The van der Waals surface area contributed by atoms with Crippen LogP contribution >= 0.6 is 0 Å². The number of amides is 1. The summed E-state index contributed by atoms with van der Waals surface area (Å²) in [5.41, 5.74) is 2.09. The van der Waals surface area contributed by atoms with Gasteiger partial charge >= 0.3 is 0 Å². The Morgan fingerprint density at radius 2 is 1.67 bits per heavy atom. The minimum atomic E-state index is -0.852. The van der Waals surface area contributed by atoms with Crippen molar-refractivity contribution in [3.63, 3.8) is 0 Å². The van der Waals surface area contributed by atoms with Crippen LogP contribution in [0.5, 0.6) is 0 Å². The van der Waals surface area contributed by atoms with Crippen molar-refractivity contribution in [2.75, 3.05) is 13.2 Å². The number of benzene rings is 2. The molecule has 1 heterocycles. The van der Waals surface area contributed by atoms with E-state index >= 15 is 0 Å². The third-order valence-electron chi connectivity index (χ3n) is 5.59. The van der Waals surface area contributed by atoms with Crippen molar-refractivity contribution in [3.05, 3.63) is 59.7 Å². The Hall–Kier alpha value is -2.27. The Morgan fingerprint density at radius 3 is 2.30 bits per heavy atom. The van der Waals surface area contributed by atoms with Crippen molar-refractivity contribution in [2.24, 2.45) is 5.41 Å². The normalized spacial score (nSPS) is 18.9. The summed E-state index contributed by atoms with van der Waals surface area (Å²) in [6, 6.07) is 12.0. The smallest absolute Gasteiger partial charge is 0.226 e. The Morgan fingerprint density at radius 1 is 1.00 bits per heavy atom. The summed E-state index contributed by atoms with van der Waals surface area (Å²) in [5.74, 6) is -1.56. The van der Waals surface area contributed by atoms with E-state index in [0.717, 1.165) is 42.9 Å². The topological polar surface area (TPSA) is 38.3 Å². The number of carbonyl (C=O) groups excluding carboxylic acids is 1. The maximum Gasteiger partial charge on any atom is 0.226 e. The van der Waals surface area contributed by atoms with E-state index in [9.17, 15) is 13.6 Å². The lowest BCUT2D eigenvalue weighted by Gasteiger charge is -2.36. The van der Waals surface area contributed by atoms with Gasteiger partial charge in [0.25, 0.3) is 0 Å². The summed E-state index contributed by atoms with van der Waals surface area (Å²) in [5, 5.41) is 3.16. The van der Waals surface area contributed by atoms with Crippen LogP contribution in [0, 0.1) is 17.0 Å². The van der Waals surface area contributed by atoms with Crippen molar-refractivity contribution < 1.29 is 18.3 Å². The van der Waals surface area contributed by atoms with Crippen LogP contribution in [0.15, 0.2) is 42.5 Å². The lowest BCUT2D eigenvalue weighted by atomic mass is 9.74. The first-order valence-electron chi connectivity index (χ1n) is 9.49. The molecule has 2 aromatic carbocycles. The molecule has 0 atom stereocenters. The Balaban J connectivity index is 1.53. The lowest BCUT2D eigenvalue weighted by molar-refractivity contribution is -0.136. The lowest BCUT2D eigenvalue weighted by Crippen LogP contribution is -2.46. The molecular formula is C22H23F2NO2. The number of carbonyl (C=O) groups is 1. The predicted octanol–water partition coefficient (Wildman–Crippen LogP) is 4.25. The summed E-state index contributed by atoms with van der Waals surface area (Å²) in [7, 11) is 0. The molecule has 27 heavy (non-hydrogen) atoms. The highest BCUT2D eigenvalue weighted by molar-refractivity contribution is 5.83. The van der Waals surface area contributed by atoms with E-state index in [1.165, 1.54) is 6.07 Å². The zero-order valence-corrected chi connectivity index (χ0v) is 15.1. The molecule has 5 heteroatoms. The molecule has 0 radical (unpaired) electrons. The summed E-state index contributed by atoms with van der Waals surface area (Å²) in [4.78, 5) is 12.9. The van der Waals surface area contributed by atoms with Crippen molar-refractivity contribution in [1.82, 2.24) is 5.32 Å². The highest BCUT2D eigenvalue weighted by atomic mass is 19.2. The molecule has 2 aliphatic rings. The number of hydrogen-bond donors (Lipinski definition) is 1. The number of hydrogen-bond acceptors (Lipinski definition) is 2. The zero-order valence-electron chi connectivity index (χ0n) is 15.1. The molecule has 142 valence electrons. The van der Waals surface area contributed by atoms with Gasteiger partial charge in [-0.2, -0.15) is 0 Å². The summed E-state index contributed by atoms with van der Waals surface area (Å²) < 4.78 is 32.1. The van der Waals surface area contributed by atoms with Gasteiger partial charge in [0.1, 0.15) is 0 Å². The molecule has 2 aromatic rings. The van der Waals surface area contributed by atoms with Crippen LogP contribution in [0.25, 0.3) is 11.1 Å². The zero-order chi connectivity index (χ0) is 18.9. The quantitative estimate of drug-likeness (QED) is 0.853. The van der Waals surface area contributed by atoms with Crippen LogP contribution in [0.2, 0.25) is 0 Å². The molecule has 0 aromatic heterocycles. The molecule has 0 spiro atoms. The van der Waals surface area contributed by atoms with Crippen LogP contribution in [-0.2, 0) is 16.0 Å². The van der Waals surface area contributed by atoms with Crippen LogP contribution in [0.1, 0.15) is 31.2 Å². The third kappa shape index (κ3) is 4.03. The average Bonchev–Trinajstić information content (AvgIpc) is 3.49. The SMILES string of the molecule is O=C(NC1CC1)C1(Cc2ccc(-c3ccc(F)c(F)c3)cc2)CCOCC1. The van der Waals surface area contributed by atoms with E-state index in [4.69, 9.17) is 4.74 Å². The molecule has 1 saturated carbocycles. The van der Waals surface area contributed by atoms with Crippen molar-refractivity contribution >= 4 is 5.91 Å². The van der Waals surface area contributed by atoms with Crippen molar-refractivity contribution in [3.8, 4) is 11.1 Å². The monoisotopic (exact) mass is 371 g/mol. The second kappa shape index (κ2) is 7.39. The van der Waals surface area contributed by atoms with Crippen LogP contribution < -0.4 is 5.32 Å². The number of rotatable bonds is 5. The largest absolute Gasteiger partial charge is 0.381 e. The standard InChI is InChI=1S/C22H23F2NO2/c23-19-8-5-17(13-20(19)24)16-3-1-15(2-4-16)14-22(9-11-27-12-10-22)21(26)25-18-6-7-18/h1-5,8,13,18H,6-7,9-12,14H2,(H,25,26). The maximum atomic E-state index is 13.5. The summed E-state index contributed by atoms with van der Waals surface area (Å²) in [6.07, 6.45) is 4.24. The first kappa shape index (κ1) is 18.1. The Bertz CT molecular complexity index is 825. The molecule has 3 nitrogen and oxygen atoms in total. The van der Waals surface area contributed by atoms with Crippen LogP contribution in [0.3, 0.4) is 0 Å². The molecule has 2 fully saturated rings. The molecule has 1 amide bonds. The van der Waals surface area contributed by atoms with Gasteiger partial charge in [-0.15, -0.1) is 0 Å². The van der Waals surface area contributed by atoms with E-state index in [0.29, 0.717) is 31.2 Å². The maximum absolute atomic E-state index is 13.5. The molecule has 1 saturated heterocycles. The minimum absolute atomic E-state index is 0.137. The summed E-state index contributed by atoms with van der Waals surface area (Å²) in [6.45, 7) is 1.20. The predicted molar refractivity (Wildman–Crippen MR) is 99.1 cm³/mol. The van der Waals surface area contributed by atoms with E-state index in [1.54, 1.807) is 6.07 Å². The first-order chi connectivity index (χ1) is 13.1. The third-order valence-corrected chi connectivity index (χ3v) is 5.59. The summed E-state index contributed by atoms with van der Waals surface area (Å²) >= 11 is 0. The second-order valence-corrected chi connectivity index (χ2v) is 7.64. The fourth-order valence-corrected chi connectivity index (χ4v) is 3.69. The Labute approximate surface area is 157 Å². The highest BCUT2D eigenvalue weighted by Crippen LogP contribution is 2.36. The molecule has 0 unspecified atom stereocenters. The first-order valence-corrected chi connectivity index (χ1v) is 9.49. The van der Waals surface area contributed by atoms with Gasteiger partial charge in [-0.05, 0) is 60.9 Å². The van der Waals surface area contributed by atoms with Gasteiger partial charge in [0.15, 0.2) is 11.6 Å². The second-order valence-electron chi connectivity index (χ2n) is 7.64. The van der Waals surface area contributed by atoms with Gasteiger partial charge in [0.05, 0.1) is 5.41 Å². The fourth-order valence-electron chi connectivity index (χ4n) is 3.69. The minimum Gasteiger partial charge on any atom is -0.381 e. The molecule has 1 aliphatic carbocycles. The van der Waals surface area contributed by atoms with Gasteiger partial charge in [0.2, 0.25) is 5.91 Å². The molecule has 4 rings (SSSR count). The molecule has 0 bridgehead atoms. The van der Waals surface area contributed by atoms with Crippen molar-refractivity contribution in [1.29, 1.82) is 0 Å². The van der Waals surface area contributed by atoms with Gasteiger partial charge in [-0.1, -0.05) is 30.3 Å². The van der Waals surface area contributed by atoms with E-state index in [1.807, 2.05) is 24.3 Å². The molecule has 1 N–H and O–H groups in total. The fraction of sp³-hybridized carbons (Fsp3) is 0.409. The van der Waals surface area contributed by atoms with Crippen molar-refractivity contribution in [2.45, 2.75) is 38.1 Å². The van der Waals surface area contributed by atoms with Crippen LogP contribution in [-0.4, -0.2) is 25.2 Å². The highest BCUT2D eigenvalue weighted by Gasteiger charge is 2.41. The van der Waals surface area contributed by atoms with Gasteiger partial charge in [-0.25, -0.2) is 8.78 Å². The number of halogens is 2. The Kier molecular flexibility index (Phi) is 4.96.